The molecular weight excluding hydrogens is 210 g/mol. The van der Waals surface area contributed by atoms with Crippen LogP contribution in [-0.2, 0) is 0 Å². The fourth-order valence-electron chi connectivity index (χ4n) is 3.44. The van der Waals surface area contributed by atoms with Crippen LogP contribution in [0.3, 0.4) is 0 Å². The molecule has 2 fully saturated rings. The number of hydrogen-bond acceptors (Lipinski definition) is 2. The quantitative estimate of drug-likeness (QED) is 0.818. The smallest absolute Gasteiger partial charge is 0.0499 e. The van der Waals surface area contributed by atoms with Crippen molar-refractivity contribution < 1.29 is 5.11 Å². The molecular formula is C15H29NO. The lowest BCUT2D eigenvalue weighted by molar-refractivity contribution is 0.0199. The average molecular weight is 239 g/mol. The Hall–Kier alpha value is -0.0800. The molecule has 1 N–H and O–H groups in total. The minimum atomic E-state index is 0.229. The molecule has 2 heteroatoms. The minimum Gasteiger partial charge on any atom is -0.396 e. The molecule has 2 aliphatic rings. The van der Waals surface area contributed by atoms with Crippen LogP contribution in [0.5, 0.6) is 0 Å². The van der Waals surface area contributed by atoms with E-state index in [-0.39, 0.29) is 5.41 Å². The van der Waals surface area contributed by atoms with Gasteiger partial charge in [-0.05, 0) is 50.6 Å². The molecule has 0 spiro atoms. The highest BCUT2D eigenvalue weighted by Gasteiger charge is 2.35. The Kier molecular flexibility index (Phi) is 4.48. The largest absolute Gasteiger partial charge is 0.396 e. The highest BCUT2D eigenvalue weighted by Crippen LogP contribution is 2.39. The second kappa shape index (κ2) is 5.71. The van der Waals surface area contributed by atoms with Crippen LogP contribution >= 0.6 is 0 Å². The standard InChI is InChI=1S/C15H29NO/c1-13-3-7-15(12-17,8-4-13)11-16-9-5-14(2)6-10-16/h13-14,17H,3-12H2,1-2H3. The Balaban J connectivity index is 1.86. The van der Waals surface area contributed by atoms with Crippen molar-refractivity contribution in [3.8, 4) is 0 Å². The summed E-state index contributed by atoms with van der Waals surface area (Å²) in [5, 5.41) is 9.78. The first-order valence-electron chi connectivity index (χ1n) is 7.47. The third-order valence-electron chi connectivity index (χ3n) is 5.11. The highest BCUT2D eigenvalue weighted by atomic mass is 16.3. The van der Waals surface area contributed by atoms with Crippen molar-refractivity contribution in [2.45, 2.75) is 52.4 Å². The maximum Gasteiger partial charge on any atom is 0.0499 e. The van der Waals surface area contributed by atoms with E-state index in [9.17, 15) is 5.11 Å². The predicted octanol–water partition coefficient (Wildman–Crippen LogP) is 2.91. The molecule has 1 saturated heterocycles. The molecule has 0 bridgehead atoms. The van der Waals surface area contributed by atoms with E-state index >= 15 is 0 Å². The van der Waals surface area contributed by atoms with E-state index in [1.807, 2.05) is 0 Å². The Bertz CT molecular complexity index is 225. The fraction of sp³-hybridized carbons (Fsp3) is 1.00. The molecule has 0 aromatic heterocycles. The van der Waals surface area contributed by atoms with Gasteiger partial charge in [0.1, 0.15) is 0 Å². The van der Waals surface area contributed by atoms with Gasteiger partial charge in [-0.2, -0.15) is 0 Å². The Morgan fingerprint density at radius 3 is 2.06 bits per heavy atom. The molecule has 0 atom stereocenters. The van der Waals surface area contributed by atoms with Crippen LogP contribution in [0, 0.1) is 17.3 Å². The van der Waals surface area contributed by atoms with E-state index in [1.54, 1.807) is 0 Å². The molecule has 0 aromatic rings. The van der Waals surface area contributed by atoms with Gasteiger partial charge in [0.2, 0.25) is 0 Å². The molecule has 1 aliphatic heterocycles. The summed E-state index contributed by atoms with van der Waals surface area (Å²) in [6, 6.07) is 0. The van der Waals surface area contributed by atoms with E-state index in [4.69, 9.17) is 0 Å². The molecule has 1 heterocycles. The predicted molar refractivity (Wildman–Crippen MR) is 72.0 cm³/mol. The number of aliphatic hydroxyl groups excluding tert-OH is 1. The van der Waals surface area contributed by atoms with Gasteiger partial charge >= 0.3 is 0 Å². The van der Waals surface area contributed by atoms with Crippen molar-refractivity contribution in [1.82, 2.24) is 4.90 Å². The highest BCUT2D eigenvalue weighted by molar-refractivity contribution is 4.88. The lowest BCUT2D eigenvalue weighted by atomic mass is 9.71. The van der Waals surface area contributed by atoms with Crippen molar-refractivity contribution in [3.63, 3.8) is 0 Å². The first-order chi connectivity index (χ1) is 8.13. The molecule has 1 saturated carbocycles. The van der Waals surface area contributed by atoms with Crippen molar-refractivity contribution in [3.05, 3.63) is 0 Å². The van der Waals surface area contributed by atoms with Crippen molar-refractivity contribution >= 4 is 0 Å². The summed E-state index contributed by atoms with van der Waals surface area (Å²) >= 11 is 0. The van der Waals surface area contributed by atoms with E-state index in [0.717, 1.165) is 18.4 Å². The number of likely N-dealkylation sites (tertiary alicyclic amines) is 1. The van der Waals surface area contributed by atoms with Crippen LogP contribution in [0.2, 0.25) is 0 Å². The molecule has 100 valence electrons. The molecule has 0 radical (unpaired) electrons. The topological polar surface area (TPSA) is 23.5 Å². The van der Waals surface area contributed by atoms with Gasteiger partial charge in [-0.3, -0.25) is 0 Å². The molecule has 0 amide bonds. The van der Waals surface area contributed by atoms with Crippen LogP contribution < -0.4 is 0 Å². The fourth-order valence-corrected chi connectivity index (χ4v) is 3.44. The zero-order valence-electron chi connectivity index (χ0n) is 11.6. The van der Waals surface area contributed by atoms with Gasteiger partial charge < -0.3 is 10.0 Å². The lowest BCUT2D eigenvalue weighted by Gasteiger charge is -2.43. The van der Waals surface area contributed by atoms with Crippen molar-refractivity contribution in [1.29, 1.82) is 0 Å². The molecule has 2 nitrogen and oxygen atoms in total. The lowest BCUT2D eigenvalue weighted by Crippen LogP contribution is -2.45. The first-order valence-corrected chi connectivity index (χ1v) is 7.47. The van der Waals surface area contributed by atoms with Crippen LogP contribution in [0.1, 0.15) is 52.4 Å². The zero-order valence-corrected chi connectivity index (χ0v) is 11.6. The normalized spacial score (nSPS) is 37.2. The summed E-state index contributed by atoms with van der Waals surface area (Å²) in [7, 11) is 0. The number of hydrogen-bond donors (Lipinski definition) is 1. The summed E-state index contributed by atoms with van der Waals surface area (Å²) in [6.45, 7) is 8.75. The monoisotopic (exact) mass is 239 g/mol. The molecule has 2 rings (SSSR count). The summed E-state index contributed by atoms with van der Waals surface area (Å²) in [6.07, 6.45) is 7.78. The number of aliphatic hydroxyl groups is 1. The van der Waals surface area contributed by atoms with Gasteiger partial charge in [-0.15, -0.1) is 0 Å². The first kappa shape index (κ1) is 13.4. The van der Waals surface area contributed by atoms with Gasteiger partial charge in [0.05, 0.1) is 0 Å². The van der Waals surface area contributed by atoms with E-state index in [1.165, 1.54) is 51.6 Å². The summed E-state index contributed by atoms with van der Waals surface area (Å²) in [4.78, 5) is 2.60. The second-order valence-electron chi connectivity index (χ2n) is 6.80. The zero-order chi connectivity index (χ0) is 12.3. The molecule has 0 aromatic carbocycles. The maximum atomic E-state index is 9.78. The van der Waals surface area contributed by atoms with Crippen LogP contribution in [0.25, 0.3) is 0 Å². The van der Waals surface area contributed by atoms with Crippen LogP contribution in [0.4, 0.5) is 0 Å². The summed E-state index contributed by atoms with van der Waals surface area (Å²) in [5.41, 5.74) is 0.229. The molecule has 0 unspecified atom stereocenters. The second-order valence-corrected chi connectivity index (χ2v) is 6.80. The third-order valence-corrected chi connectivity index (χ3v) is 5.11. The Morgan fingerprint density at radius 2 is 1.53 bits per heavy atom. The SMILES string of the molecule is CC1CCN(CC2(CO)CCC(C)CC2)CC1. The van der Waals surface area contributed by atoms with Crippen molar-refractivity contribution in [2.75, 3.05) is 26.2 Å². The Labute approximate surface area is 106 Å². The number of piperidine rings is 1. The van der Waals surface area contributed by atoms with Crippen LogP contribution in [-0.4, -0.2) is 36.2 Å². The van der Waals surface area contributed by atoms with Gasteiger partial charge in [-0.25, -0.2) is 0 Å². The number of rotatable bonds is 3. The number of nitrogens with zero attached hydrogens (tertiary/aromatic N) is 1. The molecule has 17 heavy (non-hydrogen) atoms. The molecule has 1 aliphatic carbocycles. The van der Waals surface area contributed by atoms with E-state index in [2.05, 4.69) is 18.7 Å². The van der Waals surface area contributed by atoms with Gasteiger partial charge in [0.15, 0.2) is 0 Å². The van der Waals surface area contributed by atoms with Gasteiger partial charge in [0, 0.05) is 18.6 Å². The average Bonchev–Trinajstić information content (AvgIpc) is 2.35. The third kappa shape index (κ3) is 3.45. The van der Waals surface area contributed by atoms with E-state index < -0.39 is 0 Å². The summed E-state index contributed by atoms with van der Waals surface area (Å²) in [5.74, 6) is 1.78. The van der Waals surface area contributed by atoms with Crippen LogP contribution in [0.15, 0.2) is 0 Å². The van der Waals surface area contributed by atoms with E-state index in [0.29, 0.717) is 6.61 Å². The maximum absolute atomic E-state index is 9.78. The summed E-state index contributed by atoms with van der Waals surface area (Å²) < 4.78 is 0. The van der Waals surface area contributed by atoms with Gasteiger partial charge in [0.25, 0.3) is 0 Å². The Morgan fingerprint density at radius 1 is 1.00 bits per heavy atom. The van der Waals surface area contributed by atoms with Gasteiger partial charge in [-0.1, -0.05) is 26.7 Å². The van der Waals surface area contributed by atoms with Crippen molar-refractivity contribution in [2.24, 2.45) is 17.3 Å². The minimum absolute atomic E-state index is 0.229.